The highest BCUT2D eigenvalue weighted by molar-refractivity contribution is 6.52. The lowest BCUT2D eigenvalue weighted by Crippen LogP contribution is -2.34. The van der Waals surface area contributed by atoms with Crippen LogP contribution in [0, 0.1) is 11.8 Å². The minimum absolute atomic E-state index is 0.0450. The fourth-order valence-corrected chi connectivity index (χ4v) is 3.87. The number of benzene rings is 1. The van der Waals surface area contributed by atoms with Crippen molar-refractivity contribution in [1.29, 1.82) is 0 Å². The molecule has 1 saturated carbocycles. The largest absolute Gasteiger partial charge is 0.352 e. The van der Waals surface area contributed by atoms with Crippen LogP contribution in [0.5, 0.6) is 0 Å². The van der Waals surface area contributed by atoms with Crippen LogP contribution in [0.4, 0.5) is 0 Å². The van der Waals surface area contributed by atoms with E-state index < -0.39 is 4.33 Å². The summed E-state index contributed by atoms with van der Waals surface area (Å²) in [5, 5.41) is 2.98. The van der Waals surface area contributed by atoms with Gasteiger partial charge in [0.2, 0.25) is 5.91 Å². The maximum Gasteiger partial charge on any atom is 0.226 e. The molecule has 2 unspecified atom stereocenters. The zero-order chi connectivity index (χ0) is 16.4. The Bertz CT molecular complexity index is 576. The Kier molecular flexibility index (Phi) is 5.19. The Hall–Kier alpha value is -0.770. The summed E-state index contributed by atoms with van der Waals surface area (Å²) in [6.45, 7) is 6.13. The standard InChI is InChI=1S/C18H24Cl2N2O/c1-13-5-4-8-22(11-13)12-15-7-3-2-6-14(15)10-21-17(23)16-9-18(16,19)20/h2-3,6-7,13,16H,4-5,8-12H2,1H3,(H,21,23). The van der Waals surface area contributed by atoms with Crippen molar-refractivity contribution in [2.45, 2.75) is 43.6 Å². The number of carbonyl (C=O) groups excluding carboxylic acids is 1. The molecule has 3 rings (SSSR count). The first-order valence-corrected chi connectivity index (χ1v) is 9.16. The Morgan fingerprint density at radius 2 is 2.04 bits per heavy atom. The van der Waals surface area contributed by atoms with Crippen LogP contribution in [-0.2, 0) is 17.9 Å². The molecule has 1 aromatic rings. The summed E-state index contributed by atoms with van der Waals surface area (Å²) in [7, 11) is 0. The molecule has 1 amide bonds. The molecule has 0 aromatic heterocycles. The second-order valence-corrected chi connectivity index (χ2v) is 8.53. The number of nitrogens with zero attached hydrogens (tertiary/aromatic N) is 1. The van der Waals surface area contributed by atoms with Crippen molar-refractivity contribution < 1.29 is 4.79 Å². The van der Waals surface area contributed by atoms with Crippen LogP contribution in [0.1, 0.15) is 37.3 Å². The van der Waals surface area contributed by atoms with Crippen LogP contribution < -0.4 is 5.32 Å². The fraction of sp³-hybridized carbons (Fsp3) is 0.611. The fourth-order valence-electron chi connectivity index (χ4n) is 3.36. The van der Waals surface area contributed by atoms with Crippen molar-refractivity contribution in [3.8, 4) is 0 Å². The number of amides is 1. The van der Waals surface area contributed by atoms with E-state index in [4.69, 9.17) is 23.2 Å². The Labute approximate surface area is 148 Å². The normalized spacial score (nSPS) is 26.7. The zero-order valence-corrected chi connectivity index (χ0v) is 15.0. The first kappa shape index (κ1) is 17.1. The average Bonchev–Trinajstić information content (AvgIpc) is 3.15. The Balaban J connectivity index is 1.58. The maximum absolute atomic E-state index is 12.0. The first-order chi connectivity index (χ1) is 11.0. The number of halogens is 2. The minimum atomic E-state index is -0.854. The van der Waals surface area contributed by atoms with E-state index >= 15 is 0 Å². The molecular formula is C18H24Cl2N2O. The van der Waals surface area contributed by atoms with Crippen LogP contribution >= 0.6 is 23.2 Å². The monoisotopic (exact) mass is 354 g/mol. The number of hydrogen-bond acceptors (Lipinski definition) is 2. The molecule has 1 saturated heterocycles. The SMILES string of the molecule is CC1CCCN(Cc2ccccc2CNC(=O)C2CC2(Cl)Cl)C1. The predicted molar refractivity (Wildman–Crippen MR) is 94.5 cm³/mol. The molecule has 1 aromatic carbocycles. The molecule has 0 spiro atoms. The second kappa shape index (κ2) is 7.00. The molecule has 23 heavy (non-hydrogen) atoms. The maximum atomic E-state index is 12.0. The second-order valence-electron chi connectivity index (χ2n) is 6.99. The molecular weight excluding hydrogens is 331 g/mol. The molecule has 1 aliphatic heterocycles. The lowest BCUT2D eigenvalue weighted by molar-refractivity contribution is -0.122. The van der Waals surface area contributed by atoms with E-state index in [1.165, 1.54) is 24.0 Å². The topological polar surface area (TPSA) is 32.3 Å². The quantitative estimate of drug-likeness (QED) is 0.817. The van der Waals surface area contributed by atoms with Crippen LogP contribution in [0.15, 0.2) is 24.3 Å². The lowest BCUT2D eigenvalue weighted by atomic mass is 9.99. The van der Waals surface area contributed by atoms with Gasteiger partial charge in [-0.25, -0.2) is 0 Å². The number of piperidine rings is 1. The molecule has 1 heterocycles. The number of carbonyl (C=O) groups is 1. The summed E-state index contributed by atoms with van der Waals surface area (Å²) in [5.74, 6) is 0.461. The molecule has 126 valence electrons. The number of alkyl halides is 2. The number of nitrogens with one attached hydrogen (secondary N) is 1. The van der Waals surface area contributed by atoms with Gasteiger partial charge in [0.15, 0.2) is 0 Å². The lowest BCUT2D eigenvalue weighted by Gasteiger charge is -2.31. The summed E-state index contributed by atoms with van der Waals surface area (Å²) in [5.41, 5.74) is 2.47. The van der Waals surface area contributed by atoms with E-state index in [1.54, 1.807) is 0 Å². The number of rotatable bonds is 5. The molecule has 1 N–H and O–H groups in total. The van der Waals surface area contributed by atoms with E-state index in [9.17, 15) is 4.79 Å². The van der Waals surface area contributed by atoms with Crippen LogP contribution in [0.25, 0.3) is 0 Å². The molecule has 3 nitrogen and oxygen atoms in total. The molecule has 1 aliphatic carbocycles. The van der Waals surface area contributed by atoms with Gasteiger partial charge in [-0.1, -0.05) is 31.2 Å². The van der Waals surface area contributed by atoms with E-state index in [-0.39, 0.29) is 11.8 Å². The predicted octanol–water partition coefficient (Wildman–Crippen LogP) is 3.73. The van der Waals surface area contributed by atoms with Gasteiger partial charge in [0.05, 0.1) is 5.92 Å². The minimum Gasteiger partial charge on any atom is -0.352 e. The van der Waals surface area contributed by atoms with Crippen molar-refractivity contribution >= 4 is 29.1 Å². The van der Waals surface area contributed by atoms with Gasteiger partial charge in [-0.05, 0) is 42.9 Å². The third kappa shape index (κ3) is 4.40. The highest BCUT2D eigenvalue weighted by Gasteiger charge is 2.56. The molecule has 5 heteroatoms. The Morgan fingerprint density at radius 1 is 1.35 bits per heavy atom. The van der Waals surface area contributed by atoms with E-state index in [2.05, 4.69) is 35.3 Å². The van der Waals surface area contributed by atoms with Gasteiger partial charge in [-0.15, -0.1) is 23.2 Å². The Morgan fingerprint density at radius 3 is 2.70 bits per heavy atom. The van der Waals surface area contributed by atoms with Crippen LogP contribution in [0.3, 0.4) is 0 Å². The highest BCUT2D eigenvalue weighted by Crippen LogP contribution is 2.53. The van der Waals surface area contributed by atoms with Crippen molar-refractivity contribution in [2.24, 2.45) is 11.8 Å². The molecule has 2 fully saturated rings. The highest BCUT2D eigenvalue weighted by atomic mass is 35.5. The van der Waals surface area contributed by atoms with Crippen molar-refractivity contribution in [3.05, 3.63) is 35.4 Å². The molecule has 0 bridgehead atoms. The summed E-state index contributed by atoms with van der Waals surface area (Å²) in [6, 6.07) is 8.33. The third-order valence-corrected chi connectivity index (χ3v) is 5.68. The van der Waals surface area contributed by atoms with Crippen molar-refractivity contribution in [1.82, 2.24) is 10.2 Å². The number of hydrogen-bond donors (Lipinski definition) is 1. The summed E-state index contributed by atoms with van der Waals surface area (Å²) < 4.78 is -0.854. The van der Waals surface area contributed by atoms with Gasteiger partial charge in [0, 0.05) is 19.6 Å². The molecule has 2 aliphatic rings. The number of likely N-dealkylation sites (tertiary alicyclic amines) is 1. The summed E-state index contributed by atoms with van der Waals surface area (Å²) >= 11 is 11.9. The van der Waals surface area contributed by atoms with Gasteiger partial charge in [0.1, 0.15) is 4.33 Å². The van der Waals surface area contributed by atoms with E-state index in [0.29, 0.717) is 13.0 Å². The van der Waals surface area contributed by atoms with E-state index in [1.807, 2.05) is 6.07 Å². The summed E-state index contributed by atoms with van der Waals surface area (Å²) in [6.07, 6.45) is 3.15. The smallest absolute Gasteiger partial charge is 0.226 e. The van der Waals surface area contributed by atoms with Crippen molar-refractivity contribution in [2.75, 3.05) is 13.1 Å². The molecule has 2 atom stereocenters. The van der Waals surface area contributed by atoms with Gasteiger partial charge < -0.3 is 5.32 Å². The molecule has 0 radical (unpaired) electrons. The van der Waals surface area contributed by atoms with E-state index in [0.717, 1.165) is 25.6 Å². The van der Waals surface area contributed by atoms with Gasteiger partial charge >= 0.3 is 0 Å². The summed E-state index contributed by atoms with van der Waals surface area (Å²) in [4.78, 5) is 14.6. The van der Waals surface area contributed by atoms with Gasteiger partial charge in [0.25, 0.3) is 0 Å². The zero-order valence-electron chi connectivity index (χ0n) is 13.5. The van der Waals surface area contributed by atoms with Crippen molar-refractivity contribution in [3.63, 3.8) is 0 Å². The van der Waals surface area contributed by atoms with Gasteiger partial charge in [-0.3, -0.25) is 9.69 Å². The third-order valence-electron chi connectivity index (χ3n) is 4.85. The van der Waals surface area contributed by atoms with Crippen LogP contribution in [-0.4, -0.2) is 28.2 Å². The van der Waals surface area contributed by atoms with Crippen LogP contribution in [0.2, 0.25) is 0 Å². The average molecular weight is 355 g/mol. The van der Waals surface area contributed by atoms with Gasteiger partial charge in [-0.2, -0.15) is 0 Å². The first-order valence-electron chi connectivity index (χ1n) is 8.40.